The Balaban J connectivity index is 1.44. The standard InChI is InChI=1S/C28H33N3O4/c1-5-34-24-9-7-6-8-22(24)17-29-27(32)23-11-10-19(3)30-26(23)21-12-14-31(15-13-21)28(33)25-16-18(2)20(4)35-25/h6-11,16,21H,5,12-15,17H2,1-4H3,(H,29,32). The minimum absolute atomic E-state index is 0.0808. The fourth-order valence-electron chi connectivity index (χ4n) is 4.49. The van der Waals surface area contributed by atoms with Gasteiger partial charge in [-0.05, 0) is 70.4 Å². The Morgan fingerprint density at radius 1 is 1.11 bits per heavy atom. The lowest BCUT2D eigenvalue weighted by atomic mass is 9.89. The third-order valence-corrected chi connectivity index (χ3v) is 6.57. The van der Waals surface area contributed by atoms with E-state index < -0.39 is 0 Å². The lowest BCUT2D eigenvalue weighted by Crippen LogP contribution is -2.38. The fraction of sp³-hybridized carbons (Fsp3) is 0.393. The number of nitrogens with zero attached hydrogens (tertiary/aromatic N) is 2. The number of aromatic nitrogens is 1. The van der Waals surface area contributed by atoms with Gasteiger partial charge in [0.1, 0.15) is 11.5 Å². The molecule has 35 heavy (non-hydrogen) atoms. The second kappa shape index (κ2) is 10.8. The first-order valence-corrected chi connectivity index (χ1v) is 12.2. The molecule has 0 aliphatic carbocycles. The Kier molecular flexibility index (Phi) is 7.54. The van der Waals surface area contributed by atoms with Crippen molar-refractivity contribution in [2.45, 2.75) is 53.0 Å². The van der Waals surface area contributed by atoms with E-state index in [9.17, 15) is 9.59 Å². The summed E-state index contributed by atoms with van der Waals surface area (Å²) in [4.78, 5) is 32.6. The number of carbonyl (C=O) groups is 2. The number of likely N-dealkylation sites (tertiary alicyclic amines) is 1. The van der Waals surface area contributed by atoms with E-state index in [2.05, 4.69) is 5.32 Å². The van der Waals surface area contributed by atoms with Crippen molar-refractivity contribution in [1.29, 1.82) is 0 Å². The molecule has 2 amide bonds. The topological polar surface area (TPSA) is 84.7 Å². The van der Waals surface area contributed by atoms with E-state index >= 15 is 0 Å². The molecule has 1 aliphatic rings. The molecule has 1 aliphatic heterocycles. The molecule has 184 valence electrons. The van der Waals surface area contributed by atoms with Crippen LogP contribution >= 0.6 is 0 Å². The number of para-hydroxylation sites is 1. The molecule has 1 fully saturated rings. The Labute approximate surface area is 206 Å². The molecular formula is C28H33N3O4. The lowest BCUT2D eigenvalue weighted by molar-refractivity contribution is 0.0677. The molecule has 0 saturated carbocycles. The number of carbonyl (C=O) groups excluding carboxylic acids is 2. The molecule has 7 heteroatoms. The van der Waals surface area contributed by atoms with Gasteiger partial charge in [0.15, 0.2) is 5.76 Å². The van der Waals surface area contributed by atoms with E-state index in [-0.39, 0.29) is 17.7 Å². The van der Waals surface area contributed by atoms with Crippen molar-refractivity contribution in [2.75, 3.05) is 19.7 Å². The third-order valence-electron chi connectivity index (χ3n) is 6.57. The molecule has 2 aromatic heterocycles. The number of amides is 2. The van der Waals surface area contributed by atoms with Gasteiger partial charge in [-0.1, -0.05) is 18.2 Å². The van der Waals surface area contributed by atoms with Crippen LogP contribution in [0, 0.1) is 20.8 Å². The predicted molar refractivity (Wildman–Crippen MR) is 134 cm³/mol. The molecule has 7 nitrogen and oxygen atoms in total. The van der Waals surface area contributed by atoms with Crippen molar-refractivity contribution in [2.24, 2.45) is 0 Å². The monoisotopic (exact) mass is 475 g/mol. The summed E-state index contributed by atoms with van der Waals surface area (Å²) in [7, 11) is 0. The molecule has 1 saturated heterocycles. The van der Waals surface area contributed by atoms with Crippen LogP contribution in [-0.4, -0.2) is 41.4 Å². The molecule has 0 bridgehead atoms. The highest BCUT2D eigenvalue weighted by Gasteiger charge is 2.29. The van der Waals surface area contributed by atoms with Crippen LogP contribution < -0.4 is 10.1 Å². The zero-order valence-electron chi connectivity index (χ0n) is 20.9. The Morgan fingerprint density at radius 2 is 1.86 bits per heavy atom. The van der Waals surface area contributed by atoms with E-state index in [0.29, 0.717) is 37.6 Å². The number of piperidine rings is 1. The van der Waals surface area contributed by atoms with E-state index in [0.717, 1.165) is 46.9 Å². The largest absolute Gasteiger partial charge is 0.494 e. The second-order valence-corrected chi connectivity index (χ2v) is 9.03. The van der Waals surface area contributed by atoms with Crippen molar-refractivity contribution in [3.8, 4) is 5.75 Å². The van der Waals surface area contributed by atoms with Gasteiger partial charge in [-0.25, -0.2) is 0 Å². The maximum atomic E-state index is 13.2. The van der Waals surface area contributed by atoms with Crippen molar-refractivity contribution in [1.82, 2.24) is 15.2 Å². The van der Waals surface area contributed by atoms with Gasteiger partial charge in [-0.3, -0.25) is 14.6 Å². The van der Waals surface area contributed by atoms with Crippen molar-refractivity contribution < 1.29 is 18.7 Å². The molecule has 0 atom stereocenters. The summed E-state index contributed by atoms with van der Waals surface area (Å²) in [6, 6.07) is 13.2. The van der Waals surface area contributed by atoms with E-state index in [1.807, 2.05) is 69.0 Å². The molecule has 0 spiro atoms. The average molecular weight is 476 g/mol. The van der Waals surface area contributed by atoms with Crippen LogP contribution in [-0.2, 0) is 6.54 Å². The smallest absolute Gasteiger partial charge is 0.289 e. The molecule has 4 rings (SSSR count). The van der Waals surface area contributed by atoms with Crippen LogP contribution in [0.4, 0.5) is 0 Å². The summed E-state index contributed by atoms with van der Waals surface area (Å²) in [6.07, 6.45) is 1.49. The lowest BCUT2D eigenvalue weighted by Gasteiger charge is -2.32. The highest BCUT2D eigenvalue weighted by molar-refractivity contribution is 5.95. The van der Waals surface area contributed by atoms with Gasteiger partial charge in [0, 0.05) is 36.8 Å². The summed E-state index contributed by atoms with van der Waals surface area (Å²) in [5.41, 5.74) is 4.17. The predicted octanol–water partition coefficient (Wildman–Crippen LogP) is 4.95. The molecular weight excluding hydrogens is 442 g/mol. The van der Waals surface area contributed by atoms with E-state index in [1.165, 1.54) is 0 Å². The van der Waals surface area contributed by atoms with Gasteiger partial charge in [0.05, 0.1) is 17.9 Å². The molecule has 1 N–H and O–H groups in total. The zero-order chi connectivity index (χ0) is 24.9. The number of aryl methyl sites for hydroxylation is 3. The van der Waals surface area contributed by atoms with E-state index in [4.69, 9.17) is 14.1 Å². The van der Waals surface area contributed by atoms with Crippen molar-refractivity contribution >= 4 is 11.8 Å². The second-order valence-electron chi connectivity index (χ2n) is 9.03. The van der Waals surface area contributed by atoms with Gasteiger partial charge >= 0.3 is 0 Å². The van der Waals surface area contributed by atoms with E-state index in [1.54, 1.807) is 6.07 Å². The number of hydrogen-bond acceptors (Lipinski definition) is 5. The summed E-state index contributed by atoms with van der Waals surface area (Å²) in [6.45, 7) is 9.81. The number of ether oxygens (including phenoxy) is 1. The SMILES string of the molecule is CCOc1ccccc1CNC(=O)c1ccc(C)nc1C1CCN(C(=O)c2cc(C)c(C)o2)CC1. The summed E-state index contributed by atoms with van der Waals surface area (Å²) in [5, 5.41) is 3.03. The van der Waals surface area contributed by atoms with Crippen LogP contribution in [0.25, 0.3) is 0 Å². The maximum Gasteiger partial charge on any atom is 0.289 e. The highest BCUT2D eigenvalue weighted by Crippen LogP contribution is 2.30. The van der Waals surface area contributed by atoms with Crippen LogP contribution in [0.5, 0.6) is 5.75 Å². The number of pyridine rings is 1. The van der Waals surface area contributed by atoms with Gasteiger partial charge in [0.25, 0.3) is 11.8 Å². The number of hydrogen-bond donors (Lipinski definition) is 1. The first-order chi connectivity index (χ1) is 16.9. The zero-order valence-corrected chi connectivity index (χ0v) is 20.9. The minimum Gasteiger partial charge on any atom is -0.494 e. The first kappa shape index (κ1) is 24.5. The molecule has 1 aromatic carbocycles. The number of furan rings is 1. The van der Waals surface area contributed by atoms with Gasteiger partial charge in [0.2, 0.25) is 0 Å². The Hall–Kier alpha value is -3.61. The van der Waals surface area contributed by atoms with Gasteiger partial charge < -0.3 is 19.4 Å². The molecule has 0 radical (unpaired) electrons. The summed E-state index contributed by atoms with van der Waals surface area (Å²) in [5.74, 6) is 1.81. The van der Waals surface area contributed by atoms with Crippen LogP contribution in [0.3, 0.4) is 0 Å². The normalized spacial score (nSPS) is 14.1. The minimum atomic E-state index is -0.154. The number of nitrogens with one attached hydrogen (secondary N) is 1. The maximum absolute atomic E-state index is 13.2. The third kappa shape index (κ3) is 5.56. The Bertz CT molecular complexity index is 1190. The quantitative estimate of drug-likeness (QED) is 0.523. The highest BCUT2D eigenvalue weighted by atomic mass is 16.5. The number of rotatable bonds is 7. The summed E-state index contributed by atoms with van der Waals surface area (Å²) >= 11 is 0. The van der Waals surface area contributed by atoms with Crippen LogP contribution in [0.1, 0.15) is 74.9 Å². The first-order valence-electron chi connectivity index (χ1n) is 12.2. The number of benzene rings is 1. The fourth-order valence-corrected chi connectivity index (χ4v) is 4.49. The summed E-state index contributed by atoms with van der Waals surface area (Å²) < 4.78 is 11.3. The van der Waals surface area contributed by atoms with Crippen LogP contribution in [0.15, 0.2) is 46.9 Å². The molecule has 3 aromatic rings. The molecule has 3 heterocycles. The van der Waals surface area contributed by atoms with Gasteiger partial charge in [-0.15, -0.1) is 0 Å². The average Bonchev–Trinajstić information content (AvgIpc) is 3.21. The van der Waals surface area contributed by atoms with Crippen molar-refractivity contribution in [3.63, 3.8) is 0 Å². The Morgan fingerprint density at radius 3 is 2.54 bits per heavy atom. The van der Waals surface area contributed by atoms with Gasteiger partial charge in [-0.2, -0.15) is 0 Å². The molecule has 0 unspecified atom stereocenters. The van der Waals surface area contributed by atoms with Crippen LogP contribution in [0.2, 0.25) is 0 Å². The van der Waals surface area contributed by atoms with Crippen molar-refractivity contribution in [3.05, 3.63) is 82.1 Å².